The van der Waals surface area contributed by atoms with E-state index >= 15 is 0 Å². The second kappa shape index (κ2) is 5.90. The Labute approximate surface area is 143 Å². The molecular weight excluding hydrogens is 322 g/mol. The molecule has 0 radical (unpaired) electrons. The number of ether oxygens (including phenoxy) is 1. The Morgan fingerprint density at radius 3 is 2.54 bits per heavy atom. The minimum atomic E-state index is -3.39. The van der Waals surface area contributed by atoms with E-state index in [0.29, 0.717) is 17.4 Å². The highest BCUT2D eigenvalue weighted by Gasteiger charge is 2.48. The van der Waals surface area contributed by atoms with Crippen molar-refractivity contribution in [1.29, 1.82) is 0 Å². The molecular formula is C19H21NO3S. The summed E-state index contributed by atoms with van der Waals surface area (Å²) in [4.78, 5) is 0.390. The smallest absolute Gasteiger partial charge is 0.243 e. The zero-order valence-corrected chi connectivity index (χ0v) is 14.5. The van der Waals surface area contributed by atoms with E-state index in [2.05, 4.69) is 0 Å². The Hall–Kier alpha value is -1.85. The van der Waals surface area contributed by atoms with Crippen LogP contribution in [0.4, 0.5) is 0 Å². The quantitative estimate of drug-likeness (QED) is 0.853. The van der Waals surface area contributed by atoms with Gasteiger partial charge in [-0.05, 0) is 54.2 Å². The second-order valence-electron chi connectivity index (χ2n) is 6.59. The molecule has 24 heavy (non-hydrogen) atoms. The van der Waals surface area contributed by atoms with Crippen molar-refractivity contribution in [2.24, 2.45) is 5.92 Å². The summed E-state index contributed by atoms with van der Waals surface area (Å²) in [6.07, 6.45) is 3.32. The van der Waals surface area contributed by atoms with E-state index in [1.807, 2.05) is 36.4 Å². The van der Waals surface area contributed by atoms with Gasteiger partial charge in [-0.2, -0.15) is 4.31 Å². The Morgan fingerprint density at radius 1 is 1.04 bits per heavy atom. The number of hydrogen-bond acceptors (Lipinski definition) is 3. The lowest BCUT2D eigenvalue weighted by molar-refractivity contribution is 0.131. The molecule has 4 nitrogen and oxygen atoms in total. The molecule has 0 unspecified atom stereocenters. The van der Waals surface area contributed by atoms with Gasteiger partial charge in [-0.25, -0.2) is 8.42 Å². The third kappa shape index (κ3) is 2.52. The molecule has 126 valence electrons. The first-order chi connectivity index (χ1) is 11.6. The van der Waals surface area contributed by atoms with Crippen molar-refractivity contribution in [1.82, 2.24) is 4.31 Å². The number of fused-ring (bicyclic) bond motifs is 1. The van der Waals surface area contributed by atoms with Gasteiger partial charge in [0.25, 0.3) is 0 Å². The van der Waals surface area contributed by atoms with Crippen LogP contribution in [0.25, 0.3) is 11.1 Å². The van der Waals surface area contributed by atoms with Gasteiger partial charge in [-0.15, -0.1) is 0 Å². The highest BCUT2D eigenvalue weighted by molar-refractivity contribution is 7.89. The van der Waals surface area contributed by atoms with Crippen LogP contribution in [0.2, 0.25) is 0 Å². The van der Waals surface area contributed by atoms with Gasteiger partial charge in [0, 0.05) is 12.6 Å². The molecule has 1 aliphatic heterocycles. The van der Waals surface area contributed by atoms with Crippen molar-refractivity contribution >= 4 is 10.0 Å². The molecule has 0 amide bonds. The van der Waals surface area contributed by atoms with Gasteiger partial charge >= 0.3 is 0 Å². The number of nitrogens with zero attached hydrogens (tertiary/aromatic N) is 1. The van der Waals surface area contributed by atoms with Crippen LogP contribution in [-0.2, 0) is 10.0 Å². The topological polar surface area (TPSA) is 46.6 Å². The molecule has 2 atom stereocenters. The van der Waals surface area contributed by atoms with Crippen molar-refractivity contribution in [2.45, 2.75) is 30.2 Å². The van der Waals surface area contributed by atoms with E-state index in [-0.39, 0.29) is 6.04 Å². The van der Waals surface area contributed by atoms with Crippen molar-refractivity contribution in [3.8, 4) is 16.9 Å². The summed E-state index contributed by atoms with van der Waals surface area (Å²) in [7, 11) is -1.76. The van der Waals surface area contributed by atoms with Crippen LogP contribution in [-0.4, -0.2) is 32.4 Å². The molecule has 0 N–H and O–H groups in total. The molecule has 2 aliphatic rings. The predicted molar refractivity (Wildman–Crippen MR) is 93.5 cm³/mol. The zero-order chi connectivity index (χ0) is 16.7. The Morgan fingerprint density at radius 2 is 1.83 bits per heavy atom. The predicted octanol–water partition coefficient (Wildman–Crippen LogP) is 3.54. The maximum Gasteiger partial charge on any atom is 0.243 e. The molecule has 2 aromatic carbocycles. The normalized spacial score (nSPS) is 23.5. The monoisotopic (exact) mass is 343 g/mol. The van der Waals surface area contributed by atoms with Crippen LogP contribution in [0, 0.1) is 5.92 Å². The van der Waals surface area contributed by atoms with E-state index in [0.717, 1.165) is 29.7 Å². The van der Waals surface area contributed by atoms with Crippen molar-refractivity contribution in [3.63, 3.8) is 0 Å². The fourth-order valence-corrected chi connectivity index (χ4v) is 5.69. The average Bonchev–Trinajstić information content (AvgIpc) is 2.95. The fourth-order valence-electron chi connectivity index (χ4n) is 3.87. The van der Waals surface area contributed by atoms with E-state index in [1.165, 1.54) is 6.42 Å². The maximum atomic E-state index is 12.9. The standard InChI is InChI=1S/C19H21NO3S/c1-23-17-10-8-14(9-11-17)15-4-2-6-18(12-15)24(21,22)20-13-16-5-3-7-19(16)20/h2,4,6,8-12,16,19H,3,5,7,13H2,1H3/t16-,19-/m0/s1. The minimum absolute atomic E-state index is 0.222. The van der Waals surface area contributed by atoms with E-state index < -0.39 is 10.0 Å². The minimum Gasteiger partial charge on any atom is -0.497 e. The molecule has 2 fully saturated rings. The highest BCUT2D eigenvalue weighted by Crippen LogP contribution is 2.42. The summed E-state index contributed by atoms with van der Waals surface area (Å²) in [6.45, 7) is 0.680. The van der Waals surface area contributed by atoms with Crippen molar-refractivity contribution in [2.75, 3.05) is 13.7 Å². The number of hydrogen-bond donors (Lipinski definition) is 0. The molecule has 5 heteroatoms. The zero-order valence-electron chi connectivity index (χ0n) is 13.7. The summed E-state index contributed by atoms with van der Waals surface area (Å²) in [5.74, 6) is 1.36. The van der Waals surface area contributed by atoms with Crippen LogP contribution < -0.4 is 4.74 Å². The molecule has 1 saturated carbocycles. The molecule has 0 bridgehead atoms. The Bertz CT molecular complexity index is 845. The van der Waals surface area contributed by atoms with Crippen LogP contribution in [0.3, 0.4) is 0 Å². The van der Waals surface area contributed by atoms with E-state index in [1.54, 1.807) is 23.5 Å². The lowest BCUT2D eigenvalue weighted by Gasteiger charge is -2.43. The van der Waals surface area contributed by atoms with Crippen LogP contribution >= 0.6 is 0 Å². The largest absolute Gasteiger partial charge is 0.497 e. The van der Waals surface area contributed by atoms with Gasteiger partial charge in [-0.1, -0.05) is 30.7 Å². The molecule has 4 rings (SSSR count). The van der Waals surface area contributed by atoms with Crippen LogP contribution in [0.5, 0.6) is 5.75 Å². The summed E-state index contributed by atoms with van der Waals surface area (Å²) in [5.41, 5.74) is 1.89. The Kier molecular flexibility index (Phi) is 3.85. The first kappa shape index (κ1) is 15.7. The van der Waals surface area contributed by atoms with Gasteiger partial charge in [0.1, 0.15) is 5.75 Å². The fraction of sp³-hybridized carbons (Fsp3) is 0.368. The number of rotatable bonds is 4. The van der Waals surface area contributed by atoms with Crippen molar-refractivity contribution in [3.05, 3.63) is 48.5 Å². The van der Waals surface area contributed by atoms with Crippen LogP contribution in [0.15, 0.2) is 53.4 Å². The molecule has 1 aliphatic carbocycles. The molecule has 0 spiro atoms. The number of methoxy groups -OCH3 is 1. The summed E-state index contributed by atoms with van der Waals surface area (Å²) < 4.78 is 32.8. The van der Waals surface area contributed by atoms with E-state index in [4.69, 9.17) is 4.74 Å². The van der Waals surface area contributed by atoms with Crippen molar-refractivity contribution < 1.29 is 13.2 Å². The Balaban J connectivity index is 1.64. The lowest BCUT2D eigenvalue weighted by atomic mass is 9.96. The number of sulfonamides is 1. The maximum absolute atomic E-state index is 12.9. The number of benzene rings is 2. The molecule has 1 heterocycles. The van der Waals surface area contributed by atoms with Gasteiger partial charge < -0.3 is 4.74 Å². The summed E-state index contributed by atoms with van der Waals surface area (Å²) in [6, 6.07) is 15.1. The first-order valence-electron chi connectivity index (χ1n) is 8.36. The average molecular weight is 343 g/mol. The molecule has 0 aromatic heterocycles. The van der Waals surface area contributed by atoms with Gasteiger partial charge in [0.05, 0.1) is 12.0 Å². The van der Waals surface area contributed by atoms with Crippen LogP contribution in [0.1, 0.15) is 19.3 Å². The highest BCUT2D eigenvalue weighted by atomic mass is 32.2. The summed E-state index contributed by atoms with van der Waals surface area (Å²) in [5, 5.41) is 0. The second-order valence-corrected chi connectivity index (χ2v) is 8.48. The van der Waals surface area contributed by atoms with Gasteiger partial charge in [0.2, 0.25) is 10.0 Å². The first-order valence-corrected chi connectivity index (χ1v) is 9.80. The lowest BCUT2D eigenvalue weighted by Crippen LogP contribution is -2.55. The SMILES string of the molecule is COc1ccc(-c2cccc(S(=O)(=O)N3C[C@@H]4CCC[C@@H]43)c2)cc1. The van der Waals surface area contributed by atoms with Gasteiger partial charge in [0.15, 0.2) is 0 Å². The third-order valence-electron chi connectivity index (χ3n) is 5.27. The molecule has 2 aromatic rings. The van der Waals surface area contributed by atoms with Gasteiger partial charge in [-0.3, -0.25) is 0 Å². The van der Waals surface area contributed by atoms with E-state index in [9.17, 15) is 8.42 Å². The molecule has 1 saturated heterocycles. The third-order valence-corrected chi connectivity index (χ3v) is 7.15. The summed E-state index contributed by atoms with van der Waals surface area (Å²) >= 11 is 0.